The molecule has 0 spiro atoms. The van der Waals surface area contributed by atoms with E-state index < -0.39 is 27.7 Å². The lowest BCUT2D eigenvalue weighted by atomic mass is 10.1. The number of benzene rings is 2. The van der Waals surface area contributed by atoms with Crippen LogP contribution in [0.25, 0.3) is 0 Å². The minimum atomic E-state index is -3.87. The number of sulfone groups is 1. The Bertz CT molecular complexity index is 885. The number of aliphatic hydroxyl groups is 1. The third kappa shape index (κ3) is 4.69. The Morgan fingerprint density at radius 2 is 1.46 bits per heavy atom. The first-order valence-corrected chi connectivity index (χ1v) is 8.75. The van der Waals surface area contributed by atoms with Crippen molar-refractivity contribution in [3.05, 3.63) is 65.2 Å². The molecule has 124 valence electrons. The van der Waals surface area contributed by atoms with E-state index in [-0.39, 0.29) is 4.90 Å². The number of hydrogen-bond donors (Lipinski definition) is 2. The Morgan fingerprint density at radius 1 is 1.00 bits per heavy atom. The summed E-state index contributed by atoms with van der Waals surface area (Å²) < 4.78 is 24.0. The van der Waals surface area contributed by atoms with Crippen LogP contribution >= 0.6 is 0 Å². The molecule has 0 fully saturated rings. The smallest absolute Gasteiger partial charge is 0.333 e. The molecule has 2 N–H and O–H groups in total. The maximum atomic E-state index is 12.0. The van der Waals surface area contributed by atoms with Gasteiger partial charge in [0.25, 0.3) is 0 Å². The zero-order chi connectivity index (χ0) is 17.7. The fraction of sp³-hybridized carbons (Fsp3) is 0.167. The van der Waals surface area contributed by atoms with E-state index in [0.29, 0.717) is 5.56 Å². The van der Waals surface area contributed by atoms with Gasteiger partial charge in [0.2, 0.25) is 0 Å². The molecule has 0 bridgehead atoms. The van der Waals surface area contributed by atoms with Crippen molar-refractivity contribution in [1.82, 2.24) is 0 Å². The predicted octanol–water partition coefficient (Wildman–Crippen LogP) is 1.61. The first-order chi connectivity index (χ1) is 11.3. The Kier molecular flexibility index (Phi) is 5.39. The van der Waals surface area contributed by atoms with Gasteiger partial charge in [-0.1, -0.05) is 29.5 Å². The normalized spacial score (nSPS) is 12.1. The van der Waals surface area contributed by atoms with Crippen molar-refractivity contribution in [3.8, 4) is 11.8 Å². The molecule has 1 atom stereocenters. The molecule has 24 heavy (non-hydrogen) atoms. The number of hydrogen-bond acceptors (Lipinski definition) is 4. The summed E-state index contributed by atoms with van der Waals surface area (Å²) in [6, 6.07) is 13.5. The minimum absolute atomic E-state index is 0.0521. The fourth-order valence-electron chi connectivity index (χ4n) is 1.90. The van der Waals surface area contributed by atoms with E-state index in [4.69, 9.17) is 5.11 Å². The van der Waals surface area contributed by atoms with Gasteiger partial charge < -0.3 is 10.2 Å². The van der Waals surface area contributed by atoms with Crippen LogP contribution in [0.15, 0.2) is 53.4 Å². The summed E-state index contributed by atoms with van der Waals surface area (Å²) in [4.78, 5) is 10.5. The summed E-state index contributed by atoms with van der Waals surface area (Å²) >= 11 is 0. The molecule has 1 unspecified atom stereocenters. The molecule has 2 aromatic carbocycles. The number of carbonyl (C=O) groups is 1. The van der Waals surface area contributed by atoms with Gasteiger partial charge in [-0.25, -0.2) is 13.2 Å². The van der Waals surface area contributed by atoms with E-state index in [1.807, 2.05) is 31.2 Å². The summed E-state index contributed by atoms with van der Waals surface area (Å²) in [6.07, 6.45) is -1.95. The molecule has 0 aliphatic carbocycles. The minimum Gasteiger partial charge on any atom is -0.479 e. The fourth-order valence-corrected chi connectivity index (χ4v) is 3.20. The molecular formula is C18H16O5S. The highest BCUT2D eigenvalue weighted by Gasteiger charge is 2.24. The van der Waals surface area contributed by atoms with Crippen molar-refractivity contribution < 1.29 is 23.4 Å². The van der Waals surface area contributed by atoms with Gasteiger partial charge in [-0.15, -0.1) is 0 Å². The van der Waals surface area contributed by atoms with Crippen LogP contribution in [0, 0.1) is 18.8 Å². The molecule has 6 heteroatoms. The molecule has 0 saturated heterocycles. The van der Waals surface area contributed by atoms with Crippen LogP contribution in [-0.2, 0) is 14.6 Å². The van der Waals surface area contributed by atoms with Crippen molar-refractivity contribution in [2.45, 2.75) is 17.9 Å². The Balaban J connectivity index is 2.16. The lowest BCUT2D eigenvalue weighted by molar-refractivity contribution is -0.145. The maximum Gasteiger partial charge on any atom is 0.333 e. The van der Waals surface area contributed by atoms with Gasteiger partial charge in [0.05, 0.1) is 10.6 Å². The second-order valence-electron chi connectivity index (χ2n) is 5.28. The predicted molar refractivity (Wildman–Crippen MR) is 89.3 cm³/mol. The molecular weight excluding hydrogens is 328 g/mol. The summed E-state index contributed by atoms with van der Waals surface area (Å²) in [7, 11) is -3.87. The highest BCUT2D eigenvalue weighted by molar-refractivity contribution is 7.91. The highest BCUT2D eigenvalue weighted by Crippen LogP contribution is 2.13. The zero-order valence-electron chi connectivity index (χ0n) is 12.9. The van der Waals surface area contributed by atoms with Crippen LogP contribution in [0.1, 0.15) is 16.7 Å². The largest absolute Gasteiger partial charge is 0.479 e. The van der Waals surface area contributed by atoms with Crippen molar-refractivity contribution in [1.29, 1.82) is 0 Å². The summed E-state index contributed by atoms with van der Waals surface area (Å²) in [5.74, 6) is 3.47. The third-order valence-electron chi connectivity index (χ3n) is 3.28. The lowest BCUT2D eigenvalue weighted by Crippen LogP contribution is -2.28. The van der Waals surface area contributed by atoms with Crippen molar-refractivity contribution in [2.75, 3.05) is 5.75 Å². The summed E-state index contributed by atoms with van der Waals surface area (Å²) in [6.45, 7) is 1.98. The van der Waals surface area contributed by atoms with Gasteiger partial charge in [0, 0.05) is 11.1 Å². The second kappa shape index (κ2) is 7.30. The first-order valence-electron chi connectivity index (χ1n) is 7.10. The van der Waals surface area contributed by atoms with Crippen molar-refractivity contribution in [3.63, 3.8) is 0 Å². The zero-order valence-corrected chi connectivity index (χ0v) is 13.7. The van der Waals surface area contributed by atoms with E-state index >= 15 is 0 Å². The molecule has 2 aromatic rings. The number of aliphatic hydroxyl groups excluding tert-OH is 1. The monoisotopic (exact) mass is 344 g/mol. The third-order valence-corrected chi connectivity index (χ3v) is 5.02. The average Bonchev–Trinajstić information content (AvgIpc) is 2.54. The highest BCUT2D eigenvalue weighted by atomic mass is 32.2. The summed E-state index contributed by atoms with van der Waals surface area (Å²) in [5, 5.41) is 17.8. The van der Waals surface area contributed by atoms with E-state index in [2.05, 4.69) is 11.8 Å². The second-order valence-corrected chi connectivity index (χ2v) is 7.31. The summed E-state index contributed by atoms with van der Waals surface area (Å²) in [5.41, 5.74) is 2.62. The standard InChI is InChI=1S/C18H16O5S/c1-13-2-4-14(5-3-13)6-7-15-8-10-16(11-9-15)24(22,23)12-17(19)18(20)21/h2-5,8-11,17,19H,12H2,1H3,(H,20,21). The van der Waals surface area contributed by atoms with Crippen molar-refractivity contribution in [2.24, 2.45) is 0 Å². The van der Waals surface area contributed by atoms with E-state index in [0.717, 1.165) is 11.1 Å². The number of rotatable bonds is 4. The Labute approximate surface area is 140 Å². The topological polar surface area (TPSA) is 91.7 Å². The van der Waals surface area contributed by atoms with Crippen LogP contribution in [0.5, 0.6) is 0 Å². The maximum absolute atomic E-state index is 12.0. The molecule has 2 rings (SSSR count). The average molecular weight is 344 g/mol. The molecule has 5 nitrogen and oxygen atoms in total. The van der Waals surface area contributed by atoms with E-state index in [1.165, 1.54) is 12.1 Å². The molecule has 0 radical (unpaired) electrons. The van der Waals surface area contributed by atoms with E-state index in [9.17, 15) is 18.3 Å². The molecule has 0 heterocycles. The van der Waals surface area contributed by atoms with Crippen LogP contribution in [-0.4, -0.2) is 36.5 Å². The van der Waals surface area contributed by atoms with E-state index in [1.54, 1.807) is 12.1 Å². The molecule has 0 saturated carbocycles. The van der Waals surface area contributed by atoms with Crippen LogP contribution < -0.4 is 0 Å². The number of aliphatic carboxylic acids is 1. The quantitative estimate of drug-likeness (QED) is 0.822. The number of aryl methyl sites for hydroxylation is 1. The van der Waals surface area contributed by atoms with Crippen LogP contribution in [0.3, 0.4) is 0 Å². The van der Waals surface area contributed by atoms with Gasteiger partial charge >= 0.3 is 5.97 Å². The van der Waals surface area contributed by atoms with Gasteiger partial charge in [-0.05, 0) is 43.3 Å². The molecule has 0 aromatic heterocycles. The van der Waals surface area contributed by atoms with Gasteiger partial charge in [0.15, 0.2) is 15.9 Å². The van der Waals surface area contributed by atoms with Gasteiger partial charge in [-0.2, -0.15) is 0 Å². The SMILES string of the molecule is Cc1ccc(C#Cc2ccc(S(=O)(=O)CC(O)C(=O)O)cc2)cc1. The number of carboxylic acid groups (broad SMARTS) is 1. The molecule has 0 aliphatic heterocycles. The molecule has 0 amide bonds. The number of carboxylic acids is 1. The van der Waals surface area contributed by atoms with Crippen LogP contribution in [0.2, 0.25) is 0 Å². The first kappa shape index (κ1) is 17.7. The van der Waals surface area contributed by atoms with Gasteiger partial charge in [0.1, 0.15) is 0 Å². The Hall–Kier alpha value is -2.62. The van der Waals surface area contributed by atoms with Gasteiger partial charge in [-0.3, -0.25) is 0 Å². The van der Waals surface area contributed by atoms with Crippen molar-refractivity contribution >= 4 is 15.8 Å². The Morgan fingerprint density at radius 3 is 1.92 bits per heavy atom. The molecule has 0 aliphatic rings. The lowest BCUT2D eigenvalue weighted by Gasteiger charge is -2.07. The van der Waals surface area contributed by atoms with Crippen LogP contribution in [0.4, 0.5) is 0 Å².